The van der Waals surface area contributed by atoms with Crippen LogP contribution in [0.15, 0.2) is 42.7 Å². The number of hydrogen-bond donors (Lipinski definition) is 1. The minimum absolute atomic E-state index is 0.0168. The lowest BCUT2D eigenvalue weighted by Crippen LogP contribution is -2.25. The molecule has 1 fully saturated rings. The number of benzene rings is 1. The summed E-state index contributed by atoms with van der Waals surface area (Å²) >= 11 is 0. The lowest BCUT2D eigenvalue weighted by atomic mass is 10.1. The number of amides is 1. The molecular weight excluding hydrogens is 266 g/mol. The molecule has 0 spiro atoms. The third-order valence-corrected chi connectivity index (χ3v) is 3.51. The summed E-state index contributed by atoms with van der Waals surface area (Å²) in [4.78, 5) is 16.1. The van der Waals surface area contributed by atoms with Crippen LogP contribution in [0.3, 0.4) is 0 Å². The summed E-state index contributed by atoms with van der Waals surface area (Å²) in [5, 5.41) is 11.1. The average Bonchev–Trinajstić information content (AvgIpc) is 3.23. The number of nitrogens with zero attached hydrogens (tertiary/aromatic N) is 4. The first-order valence-electron chi connectivity index (χ1n) is 6.88. The van der Waals surface area contributed by atoms with Crippen molar-refractivity contribution in [3.8, 4) is 11.4 Å². The van der Waals surface area contributed by atoms with E-state index in [1.165, 1.54) is 0 Å². The van der Waals surface area contributed by atoms with Crippen molar-refractivity contribution >= 4 is 11.7 Å². The molecular formula is C15H13N5O. The lowest BCUT2D eigenvalue weighted by Gasteiger charge is -2.04. The maximum atomic E-state index is 12.0. The highest BCUT2D eigenvalue weighted by molar-refractivity contribution is 5.95. The van der Waals surface area contributed by atoms with Crippen molar-refractivity contribution in [3.05, 3.63) is 48.3 Å². The van der Waals surface area contributed by atoms with Gasteiger partial charge >= 0.3 is 0 Å². The molecule has 0 bridgehead atoms. The zero-order chi connectivity index (χ0) is 14.2. The molecule has 4 rings (SSSR count). The van der Waals surface area contributed by atoms with Gasteiger partial charge in [0.05, 0.1) is 0 Å². The van der Waals surface area contributed by atoms with Gasteiger partial charge in [0.25, 0.3) is 11.7 Å². The molecule has 1 aliphatic carbocycles. The van der Waals surface area contributed by atoms with Crippen molar-refractivity contribution in [1.29, 1.82) is 0 Å². The van der Waals surface area contributed by atoms with Gasteiger partial charge in [-0.05, 0) is 31.0 Å². The van der Waals surface area contributed by atoms with E-state index in [0.29, 0.717) is 23.2 Å². The highest BCUT2D eigenvalue weighted by Crippen LogP contribution is 2.21. The highest BCUT2D eigenvalue weighted by atomic mass is 16.1. The van der Waals surface area contributed by atoms with Crippen LogP contribution in [0.25, 0.3) is 17.2 Å². The van der Waals surface area contributed by atoms with Gasteiger partial charge in [-0.15, -0.1) is 10.2 Å². The van der Waals surface area contributed by atoms with Crippen LogP contribution in [0.1, 0.15) is 23.2 Å². The molecule has 21 heavy (non-hydrogen) atoms. The molecule has 3 aromatic rings. The molecule has 2 heterocycles. The van der Waals surface area contributed by atoms with Crippen LogP contribution in [0, 0.1) is 0 Å². The molecule has 104 valence electrons. The second-order valence-electron chi connectivity index (χ2n) is 5.14. The molecule has 0 aliphatic heterocycles. The van der Waals surface area contributed by atoms with Gasteiger partial charge in [-0.25, -0.2) is 4.98 Å². The summed E-state index contributed by atoms with van der Waals surface area (Å²) < 4.78 is 1.82. The number of rotatable bonds is 3. The molecule has 2 aromatic heterocycles. The second-order valence-corrected chi connectivity index (χ2v) is 5.14. The third-order valence-electron chi connectivity index (χ3n) is 3.51. The summed E-state index contributed by atoms with van der Waals surface area (Å²) in [7, 11) is 0. The number of fused-ring (bicyclic) bond motifs is 1. The van der Waals surface area contributed by atoms with E-state index in [1.54, 1.807) is 6.20 Å². The quantitative estimate of drug-likeness (QED) is 0.791. The van der Waals surface area contributed by atoms with E-state index in [0.717, 1.165) is 18.4 Å². The van der Waals surface area contributed by atoms with Crippen molar-refractivity contribution in [2.24, 2.45) is 0 Å². The Balaban J connectivity index is 1.65. The maximum Gasteiger partial charge on any atom is 0.255 e. The highest BCUT2D eigenvalue weighted by Gasteiger charge is 2.23. The molecule has 1 N–H and O–H groups in total. The van der Waals surface area contributed by atoms with Gasteiger partial charge in [0, 0.05) is 29.6 Å². The van der Waals surface area contributed by atoms with Crippen molar-refractivity contribution in [2.75, 3.05) is 0 Å². The Hall–Kier alpha value is -2.76. The van der Waals surface area contributed by atoms with Crippen LogP contribution in [0.2, 0.25) is 0 Å². The van der Waals surface area contributed by atoms with E-state index in [1.807, 2.05) is 40.9 Å². The summed E-state index contributed by atoms with van der Waals surface area (Å²) in [5.41, 5.74) is 1.57. The predicted molar refractivity (Wildman–Crippen MR) is 76.7 cm³/mol. The number of carbonyl (C=O) groups excluding carboxylic acids is 1. The molecule has 0 unspecified atom stereocenters. The molecule has 0 atom stereocenters. The van der Waals surface area contributed by atoms with Gasteiger partial charge < -0.3 is 5.32 Å². The maximum absolute atomic E-state index is 12.0. The Kier molecular flexibility index (Phi) is 2.67. The van der Waals surface area contributed by atoms with Gasteiger partial charge in [0.2, 0.25) is 0 Å². The average molecular weight is 279 g/mol. The number of hydrogen-bond acceptors (Lipinski definition) is 4. The molecule has 6 nitrogen and oxygen atoms in total. The Bertz CT molecular complexity index is 804. The van der Waals surface area contributed by atoms with E-state index >= 15 is 0 Å². The fourth-order valence-electron chi connectivity index (χ4n) is 2.21. The zero-order valence-corrected chi connectivity index (χ0v) is 11.2. The Morgan fingerprint density at radius 3 is 2.76 bits per heavy atom. The third kappa shape index (κ3) is 2.24. The van der Waals surface area contributed by atoms with Gasteiger partial charge in [-0.3, -0.25) is 9.20 Å². The predicted octanol–water partition coefficient (Wildman–Crippen LogP) is 1.68. The van der Waals surface area contributed by atoms with Crippen molar-refractivity contribution in [2.45, 2.75) is 18.9 Å². The summed E-state index contributed by atoms with van der Waals surface area (Å²) in [6.07, 6.45) is 5.72. The van der Waals surface area contributed by atoms with Gasteiger partial charge in [-0.2, -0.15) is 0 Å². The van der Waals surface area contributed by atoms with Crippen LogP contribution in [-0.4, -0.2) is 31.5 Å². The summed E-state index contributed by atoms with van der Waals surface area (Å²) in [5.74, 6) is 1.26. The molecule has 6 heteroatoms. The normalized spacial score (nSPS) is 14.3. The first-order valence-corrected chi connectivity index (χ1v) is 6.88. The standard InChI is InChI=1S/C15H13N5O/c21-14(17-12-6-7-12)11-4-2-10(3-5-11)13-18-19-15-16-8-1-9-20(13)15/h1-5,8-9,12H,6-7H2,(H,17,21). The topological polar surface area (TPSA) is 72.2 Å². The van der Waals surface area contributed by atoms with Crippen molar-refractivity contribution in [3.63, 3.8) is 0 Å². The van der Waals surface area contributed by atoms with Gasteiger partial charge in [0.15, 0.2) is 5.82 Å². The van der Waals surface area contributed by atoms with Crippen LogP contribution in [-0.2, 0) is 0 Å². The Morgan fingerprint density at radius 2 is 2.00 bits per heavy atom. The summed E-state index contributed by atoms with van der Waals surface area (Å²) in [6.45, 7) is 0. The second kappa shape index (κ2) is 4.66. The lowest BCUT2D eigenvalue weighted by molar-refractivity contribution is 0.0951. The van der Waals surface area contributed by atoms with E-state index in [-0.39, 0.29) is 5.91 Å². The minimum Gasteiger partial charge on any atom is -0.349 e. The molecule has 1 aromatic carbocycles. The molecule has 0 saturated heterocycles. The van der Waals surface area contributed by atoms with E-state index < -0.39 is 0 Å². The van der Waals surface area contributed by atoms with Crippen molar-refractivity contribution in [1.82, 2.24) is 24.9 Å². The Labute approximate surface area is 120 Å². The number of aromatic nitrogens is 4. The molecule has 1 aliphatic rings. The Morgan fingerprint density at radius 1 is 1.19 bits per heavy atom. The minimum atomic E-state index is -0.0168. The van der Waals surface area contributed by atoms with Crippen LogP contribution < -0.4 is 5.32 Å². The first-order chi connectivity index (χ1) is 10.3. The molecule has 0 radical (unpaired) electrons. The van der Waals surface area contributed by atoms with E-state index in [2.05, 4.69) is 20.5 Å². The molecule has 1 amide bonds. The van der Waals surface area contributed by atoms with Crippen molar-refractivity contribution < 1.29 is 4.79 Å². The van der Waals surface area contributed by atoms with E-state index in [4.69, 9.17) is 0 Å². The zero-order valence-electron chi connectivity index (χ0n) is 11.2. The SMILES string of the molecule is O=C(NC1CC1)c1ccc(-c2nnc3ncccn23)cc1. The van der Waals surface area contributed by atoms with Gasteiger partial charge in [-0.1, -0.05) is 12.1 Å². The van der Waals surface area contributed by atoms with Crippen LogP contribution in [0.5, 0.6) is 0 Å². The number of nitrogens with one attached hydrogen (secondary N) is 1. The summed E-state index contributed by atoms with van der Waals surface area (Å²) in [6, 6.07) is 9.58. The first kappa shape index (κ1) is 12.0. The van der Waals surface area contributed by atoms with Gasteiger partial charge in [0.1, 0.15) is 0 Å². The van der Waals surface area contributed by atoms with Crippen LogP contribution >= 0.6 is 0 Å². The fourth-order valence-corrected chi connectivity index (χ4v) is 2.21. The monoisotopic (exact) mass is 279 g/mol. The smallest absolute Gasteiger partial charge is 0.255 e. The number of carbonyl (C=O) groups is 1. The fraction of sp³-hybridized carbons (Fsp3) is 0.200. The van der Waals surface area contributed by atoms with E-state index in [9.17, 15) is 4.79 Å². The molecule has 1 saturated carbocycles. The van der Waals surface area contributed by atoms with Crippen LogP contribution in [0.4, 0.5) is 0 Å². The largest absolute Gasteiger partial charge is 0.349 e.